The van der Waals surface area contributed by atoms with Gasteiger partial charge in [-0.2, -0.15) is 5.10 Å². The molecule has 0 saturated heterocycles. The zero-order valence-electron chi connectivity index (χ0n) is 11.0. The van der Waals surface area contributed by atoms with Crippen LogP contribution in [0.15, 0.2) is 30.6 Å². The van der Waals surface area contributed by atoms with E-state index in [1.165, 1.54) is 12.1 Å². The number of aliphatic hydroxyl groups is 1. The van der Waals surface area contributed by atoms with E-state index in [0.717, 1.165) is 5.56 Å². The van der Waals surface area contributed by atoms with Crippen molar-refractivity contribution < 1.29 is 14.8 Å². The van der Waals surface area contributed by atoms with Crippen LogP contribution < -0.4 is 4.74 Å². The summed E-state index contributed by atoms with van der Waals surface area (Å²) in [4.78, 5) is 10.4. The Hall–Kier alpha value is -2.41. The highest BCUT2D eigenvalue weighted by Gasteiger charge is 2.15. The van der Waals surface area contributed by atoms with E-state index in [-0.39, 0.29) is 18.0 Å². The highest BCUT2D eigenvalue weighted by molar-refractivity contribution is 5.48. The van der Waals surface area contributed by atoms with Crippen LogP contribution in [0.25, 0.3) is 0 Å². The van der Waals surface area contributed by atoms with Gasteiger partial charge in [0.1, 0.15) is 0 Å². The average molecular weight is 277 g/mol. The fraction of sp³-hybridized carbons (Fsp3) is 0.308. The third-order valence-corrected chi connectivity index (χ3v) is 2.81. The van der Waals surface area contributed by atoms with Crippen molar-refractivity contribution in [3.05, 3.63) is 51.8 Å². The van der Waals surface area contributed by atoms with Gasteiger partial charge in [0.05, 0.1) is 24.3 Å². The van der Waals surface area contributed by atoms with Crippen molar-refractivity contribution in [2.75, 3.05) is 6.61 Å². The first-order valence-corrected chi connectivity index (χ1v) is 6.08. The lowest BCUT2D eigenvalue weighted by Gasteiger charge is -2.07. The Morgan fingerprint density at radius 3 is 2.85 bits per heavy atom. The second-order valence-corrected chi connectivity index (χ2v) is 4.34. The summed E-state index contributed by atoms with van der Waals surface area (Å²) in [5.41, 5.74) is 1.35. The van der Waals surface area contributed by atoms with E-state index in [1.807, 2.05) is 13.2 Å². The lowest BCUT2D eigenvalue weighted by atomic mass is 10.2. The maximum atomic E-state index is 11.0. The number of aryl methyl sites for hydroxylation is 1. The second kappa shape index (κ2) is 6.16. The van der Waals surface area contributed by atoms with Crippen LogP contribution in [0.2, 0.25) is 0 Å². The van der Waals surface area contributed by atoms with Crippen molar-refractivity contribution in [3.8, 4) is 5.75 Å². The Labute approximate surface area is 115 Å². The van der Waals surface area contributed by atoms with Crippen molar-refractivity contribution >= 4 is 5.69 Å². The number of aromatic nitrogens is 2. The van der Waals surface area contributed by atoms with Gasteiger partial charge in [0, 0.05) is 25.7 Å². The number of nitrogens with zero attached hydrogens (tertiary/aromatic N) is 3. The molecule has 0 amide bonds. The molecule has 0 saturated carbocycles. The zero-order chi connectivity index (χ0) is 14.5. The SMILES string of the molecule is Cn1cc(CCOc2ccc(CO)cc2[N+](=O)[O-])cn1. The van der Waals surface area contributed by atoms with Crippen LogP contribution in [0.4, 0.5) is 5.69 Å². The van der Waals surface area contributed by atoms with Gasteiger partial charge in [-0.3, -0.25) is 14.8 Å². The normalized spacial score (nSPS) is 10.5. The number of nitro groups is 1. The van der Waals surface area contributed by atoms with E-state index in [4.69, 9.17) is 9.84 Å². The van der Waals surface area contributed by atoms with Gasteiger partial charge in [-0.05, 0) is 17.2 Å². The van der Waals surface area contributed by atoms with Gasteiger partial charge >= 0.3 is 5.69 Å². The first-order valence-electron chi connectivity index (χ1n) is 6.08. The number of nitro benzene ring substituents is 1. The lowest BCUT2D eigenvalue weighted by Crippen LogP contribution is -2.03. The summed E-state index contributed by atoms with van der Waals surface area (Å²) in [7, 11) is 1.82. The molecule has 0 bridgehead atoms. The summed E-state index contributed by atoms with van der Waals surface area (Å²) >= 11 is 0. The molecule has 7 nitrogen and oxygen atoms in total. The van der Waals surface area contributed by atoms with Crippen molar-refractivity contribution in [1.29, 1.82) is 0 Å². The first kappa shape index (κ1) is 14.0. The molecule has 0 spiro atoms. The summed E-state index contributed by atoms with van der Waals surface area (Å²) in [5, 5.41) is 24.0. The highest BCUT2D eigenvalue weighted by Crippen LogP contribution is 2.28. The number of benzene rings is 1. The number of ether oxygens (including phenoxy) is 1. The minimum atomic E-state index is -0.515. The molecule has 0 aliphatic carbocycles. The molecular formula is C13H15N3O4. The van der Waals surface area contributed by atoms with Crippen molar-refractivity contribution in [1.82, 2.24) is 9.78 Å². The van der Waals surface area contributed by atoms with Crippen molar-refractivity contribution in [3.63, 3.8) is 0 Å². The molecular weight excluding hydrogens is 262 g/mol. The van der Waals surface area contributed by atoms with Gasteiger partial charge in [0.15, 0.2) is 5.75 Å². The van der Waals surface area contributed by atoms with Crippen LogP contribution >= 0.6 is 0 Å². The maximum absolute atomic E-state index is 11.0. The molecule has 2 rings (SSSR count). The van der Waals surface area contributed by atoms with E-state index in [9.17, 15) is 10.1 Å². The van der Waals surface area contributed by atoms with E-state index in [0.29, 0.717) is 18.6 Å². The third-order valence-electron chi connectivity index (χ3n) is 2.81. The molecule has 0 aliphatic rings. The molecule has 1 heterocycles. The second-order valence-electron chi connectivity index (χ2n) is 4.34. The Bertz CT molecular complexity index is 609. The Morgan fingerprint density at radius 2 is 2.25 bits per heavy atom. The van der Waals surface area contributed by atoms with E-state index in [1.54, 1.807) is 16.9 Å². The summed E-state index contributed by atoms with van der Waals surface area (Å²) in [6.07, 6.45) is 4.21. The summed E-state index contributed by atoms with van der Waals surface area (Å²) < 4.78 is 7.14. The van der Waals surface area contributed by atoms with Crippen LogP contribution in [0, 0.1) is 10.1 Å². The van der Waals surface area contributed by atoms with Gasteiger partial charge in [-0.15, -0.1) is 0 Å². The maximum Gasteiger partial charge on any atom is 0.311 e. The molecule has 0 aliphatic heterocycles. The predicted octanol–water partition coefficient (Wildman–Crippen LogP) is 1.44. The van der Waals surface area contributed by atoms with Gasteiger partial charge < -0.3 is 9.84 Å². The van der Waals surface area contributed by atoms with Gasteiger partial charge in [-0.25, -0.2) is 0 Å². The fourth-order valence-corrected chi connectivity index (χ4v) is 1.81. The third kappa shape index (κ3) is 3.33. The Morgan fingerprint density at radius 1 is 1.45 bits per heavy atom. The zero-order valence-corrected chi connectivity index (χ0v) is 11.0. The number of hydrogen-bond donors (Lipinski definition) is 1. The quantitative estimate of drug-likeness (QED) is 0.637. The van der Waals surface area contributed by atoms with Crippen molar-refractivity contribution in [2.24, 2.45) is 7.05 Å². The average Bonchev–Trinajstić information content (AvgIpc) is 2.84. The Balaban J connectivity index is 2.03. The van der Waals surface area contributed by atoms with E-state index < -0.39 is 4.92 Å². The number of hydrogen-bond acceptors (Lipinski definition) is 5. The number of aliphatic hydroxyl groups excluding tert-OH is 1. The summed E-state index contributed by atoms with van der Waals surface area (Å²) in [6, 6.07) is 4.43. The van der Waals surface area contributed by atoms with E-state index >= 15 is 0 Å². The molecule has 1 aromatic heterocycles. The first-order chi connectivity index (χ1) is 9.60. The van der Waals surface area contributed by atoms with Crippen molar-refractivity contribution in [2.45, 2.75) is 13.0 Å². The molecule has 7 heteroatoms. The fourth-order valence-electron chi connectivity index (χ4n) is 1.81. The number of rotatable bonds is 6. The molecule has 0 atom stereocenters. The monoisotopic (exact) mass is 277 g/mol. The van der Waals surface area contributed by atoms with Gasteiger partial charge in [0.25, 0.3) is 0 Å². The molecule has 0 fully saturated rings. The smallest absolute Gasteiger partial charge is 0.311 e. The minimum absolute atomic E-state index is 0.136. The standard InChI is InChI=1S/C13H15N3O4/c1-15-8-11(7-14-15)4-5-20-13-3-2-10(9-17)6-12(13)16(18)19/h2-3,6-8,17H,4-5,9H2,1H3. The Kier molecular flexibility index (Phi) is 4.31. The van der Waals surface area contributed by atoms with Crippen LogP contribution in [0.5, 0.6) is 5.75 Å². The molecule has 0 unspecified atom stereocenters. The lowest BCUT2D eigenvalue weighted by molar-refractivity contribution is -0.386. The largest absolute Gasteiger partial charge is 0.486 e. The van der Waals surface area contributed by atoms with Gasteiger partial charge in [0.2, 0.25) is 0 Å². The van der Waals surface area contributed by atoms with E-state index in [2.05, 4.69) is 5.10 Å². The molecule has 1 aromatic carbocycles. The summed E-state index contributed by atoms with van der Waals surface area (Å²) in [6.45, 7) is 0.0851. The van der Waals surface area contributed by atoms with Crippen LogP contribution in [0.3, 0.4) is 0 Å². The minimum Gasteiger partial charge on any atom is -0.486 e. The molecule has 1 N–H and O–H groups in total. The van der Waals surface area contributed by atoms with Crippen LogP contribution in [-0.2, 0) is 20.1 Å². The van der Waals surface area contributed by atoms with Gasteiger partial charge in [-0.1, -0.05) is 6.07 Å². The molecule has 0 radical (unpaired) electrons. The van der Waals surface area contributed by atoms with Crippen LogP contribution in [-0.4, -0.2) is 26.4 Å². The topological polar surface area (TPSA) is 90.4 Å². The highest BCUT2D eigenvalue weighted by atomic mass is 16.6. The molecule has 106 valence electrons. The predicted molar refractivity (Wildman–Crippen MR) is 71.4 cm³/mol. The molecule has 20 heavy (non-hydrogen) atoms. The van der Waals surface area contributed by atoms with Crippen LogP contribution in [0.1, 0.15) is 11.1 Å². The summed E-state index contributed by atoms with van der Waals surface area (Å²) in [5.74, 6) is 0.205. The molecule has 2 aromatic rings.